The SMILES string of the molecule is O=C(NC1CCCCC1)c1cc(NS(=O)(=O)c2ccc(Cl)cc2)ccc1Cl. The van der Waals surface area contributed by atoms with E-state index in [4.69, 9.17) is 23.2 Å². The lowest BCUT2D eigenvalue weighted by atomic mass is 9.95. The quantitative estimate of drug-likeness (QED) is 0.716. The molecule has 0 atom stereocenters. The van der Waals surface area contributed by atoms with Crippen LogP contribution in [0.25, 0.3) is 0 Å². The first kappa shape index (κ1) is 20.0. The molecule has 1 fully saturated rings. The summed E-state index contributed by atoms with van der Waals surface area (Å²) in [4.78, 5) is 12.7. The molecule has 2 aromatic rings. The molecule has 2 N–H and O–H groups in total. The van der Waals surface area contributed by atoms with E-state index in [-0.39, 0.29) is 33.1 Å². The van der Waals surface area contributed by atoms with Crippen LogP contribution in [0.15, 0.2) is 47.4 Å². The molecule has 1 aliphatic rings. The number of amides is 1. The van der Waals surface area contributed by atoms with E-state index in [2.05, 4.69) is 10.0 Å². The maximum Gasteiger partial charge on any atom is 0.261 e. The molecule has 2 aromatic carbocycles. The van der Waals surface area contributed by atoms with Crippen molar-refractivity contribution in [1.29, 1.82) is 0 Å². The Morgan fingerprint density at radius 1 is 0.963 bits per heavy atom. The predicted molar refractivity (Wildman–Crippen MR) is 108 cm³/mol. The Kier molecular flexibility index (Phi) is 6.29. The maximum absolute atomic E-state index is 12.6. The van der Waals surface area contributed by atoms with E-state index in [0.29, 0.717) is 5.02 Å². The molecule has 5 nitrogen and oxygen atoms in total. The molecular formula is C19H20Cl2N2O3S. The van der Waals surface area contributed by atoms with Crippen LogP contribution in [0.2, 0.25) is 10.0 Å². The summed E-state index contributed by atoms with van der Waals surface area (Å²) < 4.78 is 27.5. The number of sulfonamides is 1. The second kappa shape index (κ2) is 8.50. The topological polar surface area (TPSA) is 75.3 Å². The minimum absolute atomic E-state index is 0.0788. The van der Waals surface area contributed by atoms with E-state index in [1.807, 2.05) is 0 Å². The second-order valence-electron chi connectivity index (χ2n) is 6.56. The Hall–Kier alpha value is -1.76. The standard InChI is InChI=1S/C19H20Cl2N2O3S/c20-13-6-9-16(10-7-13)27(25,26)23-15-8-11-18(21)17(12-15)19(24)22-14-4-2-1-3-5-14/h6-12,14,23H,1-5H2,(H,22,24). The van der Waals surface area contributed by atoms with Crippen LogP contribution in [0, 0.1) is 0 Å². The number of carbonyl (C=O) groups excluding carboxylic acids is 1. The van der Waals surface area contributed by atoms with Gasteiger partial charge in [0.15, 0.2) is 0 Å². The van der Waals surface area contributed by atoms with Gasteiger partial charge in [0.05, 0.1) is 15.5 Å². The zero-order valence-corrected chi connectivity index (χ0v) is 16.9. The molecule has 0 heterocycles. The second-order valence-corrected chi connectivity index (χ2v) is 9.09. The van der Waals surface area contributed by atoms with Gasteiger partial charge in [-0.25, -0.2) is 8.42 Å². The normalized spacial score (nSPS) is 15.3. The molecule has 0 aliphatic heterocycles. The van der Waals surface area contributed by atoms with Crippen molar-refractivity contribution in [3.8, 4) is 0 Å². The third-order valence-electron chi connectivity index (χ3n) is 4.53. The summed E-state index contributed by atoms with van der Waals surface area (Å²) in [6, 6.07) is 10.5. The van der Waals surface area contributed by atoms with Gasteiger partial charge in [-0.05, 0) is 55.3 Å². The molecule has 0 aromatic heterocycles. The third kappa shape index (κ3) is 5.15. The Morgan fingerprint density at radius 3 is 2.30 bits per heavy atom. The van der Waals surface area contributed by atoms with Crippen molar-refractivity contribution >= 4 is 44.8 Å². The van der Waals surface area contributed by atoms with Gasteiger partial charge in [-0.3, -0.25) is 9.52 Å². The zero-order valence-electron chi connectivity index (χ0n) is 14.5. The first-order valence-corrected chi connectivity index (χ1v) is 11.0. The van der Waals surface area contributed by atoms with Crippen molar-refractivity contribution < 1.29 is 13.2 Å². The molecule has 8 heteroatoms. The zero-order chi connectivity index (χ0) is 19.4. The molecule has 1 aliphatic carbocycles. The fourth-order valence-corrected chi connectivity index (χ4v) is 4.48. The molecule has 1 amide bonds. The van der Waals surface area contributed by atoms with Crippen LogP contribution in [-0.4, -0.2) is 20.4 Å². The van der Waals surface area contributed by atoms with Crippen LogP contribution in [-0.2, 0) is 10.0 Å². The summed E-state index contributed by atoms with van der Waals surface area (Å²) in [5.41, 5.74) is 0.515. The first-order chi connectivity index (χ1) is 12.8. The average molecular weight is 427 g/mol. The number of halogens is 2. The van der Waals surface area contributed by atoms with Gasteiger partial charge in [0, 0.05) is 16.8 Å². The van der Waals surface area contributed by atoms with E-state index < -0.39 is 10.0 Å². The van der Waals surface area contributed by atoms with Crippen LogP contribution < -0.4 is 10.0 Å². The number of rotatable bonds is 5. The Balaban J connectivity index is 1.78. The molecule has 3 rings (SSSR count). The number of carbonyl (C=O) groups is 1. The van der Waals surface area contributed by atoms with E-state index in [1.165, 1.54) is 48.9 Å². The lowest BCUT2D eigenvalue weighted by molar-refractivity contribution is 0.0928. The number of nitrogens with one attached hydrogen (secondary N) is 2. The molecule has 0 unspecified atom stereocenters. The lowest BCUT2D eigenvalue weighted by Crippen LogP contribution is -2.36. The largest absolute Gasteiger partial charge is 0.349 e. The highest BCUT2D eigenvalue weighted by molar-refractivity contribution is 7.92. The summed E-state index contributed by atoms with van der Waals surface area (Å²) in [5, 5.41) is 3.71. The van der Waals surface area contributed by atoms with Crippen LogP contribution in [0.4, 0.5) is 5.69 Å². The van der Waals surface area contributed by atoms with Crippen molar-refractivity contribution in [2.75, 3.05) is 4.72 Å². The molecule has 0 bridgehead atoms. The maximum atomic E-state index is 12.6. The van der Waals surface area contributed by atoms with Crippen molar-refractivity contribution in [2.24, 2.45) is 0 Å². The highest BCUT2D eigenvalue weighted by atomic mass is 35.5. The molecule has 0 spiro atoms. The number of hydrogen-bond donors (Lipinski definition) is 2. The number of hydrogen-bond acceptors (Lipinski definition) is 3. The van der Waals surface area contributed by atoms with Gasteiger partial charge in [0.1, 0.15) is 0 Å². The van der Waals surface area contributed by atoms with Crippen molar-refractivity contribution in [3.63, 3.8) is 0 Å². The molecule has 27 heavy (non-hydrogen) atoms. The van der Waals surface area contributed by atoms with Gasteiger partial charge in [-0.2, -0.15) is 0 Å². The first-order valence-electron chi connectivity index (χ1n) is 8.74. The average Bonchev–Trinajstić information content (AvgIpc) is 2.64. The van der Waals surface area contributed by atoms with Crippen molar-refractivity contribution in [2.45, 2.75) is 43.0 Å². The number of anilines is 1. The number of benzene rings is 2. The summed E-state index contributed by atoms with van der Waals surface area (Å²) >= 11 is 12.0. The third-order valence-corrected chi connectivity index (χ3v) is 6.51. The summed E-state index contributed by atoms with van der Waals surface area (Å²) in [5.74, 6) is -0.292. The molecule has 0 radical (unpaired) electrons. The predicted octanol–water partition coefficient (Wildman–Crippen LogP) is 4.86. The fraction of sp³-hybridized carbons (Fsp3) is 0.316. The van der Waals surface area contributed by atoms with Gasteiger partial charge >= 0.3 is 0 Å². The lowest BCUT2D eigenvalue weighted by Gasteiger charge is -2.23. The fourth-order valence-electron chi connectivity index (χ4n) is 3.10. The smallest absolute Gasteiger partial charge is 0.261 e. The van der Waals surface area contributed by atoms with Gasteiger partial charge in [0.25, 0.3) is 15.9 Å². The van der Waals surface area contributed by atoms with Gasteiger partial charge in [-0.1, -0.05) is 42.5 Å². The van der Waals surface area contributed by atoms with Crippen molar-refractivity contribution in [1.82, 2.24) is 5.32 Å². The molecule has 1 saturated carbocycles. The van der Waals surface area contributed by atoms with E-state index in [0.717, 1.165) is 25.7 Å². The summed E-state index contributed by atoms with van der Waals surface area (Å²) in [7, 11) is -3.80. The molecular weight excluding hydrogens is 407 g/mol. The minimum atomic E-state index is -3.80. The Bertz CT molecular complexity index is 924. The highest BCUT2D eigenvalue weighted by Gasteiger charge is 2.20. The van der Waals surface area contributed by atoms with Gasteiger partial charge in [0.2, 0.25) is 0 Å². The van der Waals surface area contributed by atoms with Crippen LogP contribution in [0.5, 0.6) is 0 Å². The molecule has 0 saturated heterocycles. The highest BCUT2D eigenvalue weighted by Crippen LogP contribution is 2.25. The summed E-state index contributed by atoms with van der Waals surface area (Å²) in [6.07, 6.45) is 5.28. The van der Waals surface area contributed by atoms with Crippen LogP contribution in [0.1, 0.15) is 42.5 Å². The van der Waals surface area contributed by atoms with E-state index in [1.54, 1.807) is 0 Å². The van der Waals surface area contributed by atoms with Gasteiger partial charge < -0.3 is 5.32 Å². The molecule has 144 valence electrons. The minimum Gasteiger partial charge on any atom is -0.349 e. The van der Waals surface area contributed by atoms with Gasteiger partial charge in [-0.15, -0.1) is 0 Å². The Morgan fingerprint density at radius 2 is 1.63 bits per heavy atom. The van der Waals surface area contributed by atoms with E-state index >= 15 is 0 Å². The van der Waals surface area contributed by atoms with Crippen LogP contribution >= 0.6 is 23.2 Å². The van der Waals surface area contributed by atoms with Crippen LogP contribution in [0.3, 0.4) is 0 Å². The monoisotopic (exact) mass is 426 g/mol. The van der Waals surface area contributed by atoms with Crippen molar-refractivity contribution in [3.05, 3.63) is 58.1 Å². The summed E-state index contributed by atoms with van der Waals surface area (Å²) in [6.45, 7) is 0. The van der Waals surface area contributed by atoms with E-state index in [9.17, 15) is 13.2 Å². The Labute approximate surface area is 169 Å².